The number of methoxy groups -OCH3 is 1. The predicted molar refractivity (Wildman–Crippen MR) is 61.5 cm³/mol. The van der Waals surface area contributed by atoms with Gasteiger partial charge in [-0.2, -0.15) is 11.8 Å². The Labute approximate surface area is 96.8 Å². The Kier molecular flexibility index (Phi) is 3.09. The Morgan fingerprint density at radius 2 is 2.38 bits per heavy atom. The van der Waals surface area contributed by atoms with Crippen molar-refractivity contribution in [2.75, 3.05) is 13.4 Å². The highest BCUT2D eigenvalue weighted by molar-refractivity contribution is 7.97. The monoisotopic (exact) mass is 237 g/mol. The second kappa shape index (κ2) is 4.52. The first-order chi connectivity index (χ1) is 7.76. The second-order valence-corrected chi connectivity index (χ2v) is 4.05. The van der Waals surface area contributed by atoms with Gasteiger partial charge in [0, 0.05) is 6.20 Å². The lowest BCUT2D eigenvalue weighted by Crippen LogP contribution is -2.02. The molecule has 0 spiro atoms. The van der Waals surface area contributed by atoms with Crippen LogP contribution in [0.4, 0.5) is 0 Å². The van der Waals surface area contributed by atoms with Crippen molar-refractivity contribution in [3.63, 3.8) is 0 Å². The van der Waals surface area contributed by atoms with Crippen LogP contribution in [0.15, 0.2) is 18.3 Å². The summed E-state index contributed by atoms with van der Waals surface area (Å²) in [7, 11) is 1.36. The van der Waals surface area contributed by atoms with Crippen LogP contribution in [0.1, 0.15) is 16.2 Å². The molecule has 0 aliphatic heterocycles. The molecule has 0 aromatic carbocycles. The van der Waals surface area contributed by atoms with Crippen LogP contribution in [0, 0.1) is 0 Å². The molecule has 2 rings (SSSR count). The van der Waals surface area contributed by atoms with Gasteiger partial charge in [0.2, 0.25) is 0 Å². The Morgan fingerprint density at radius 3 is 3.06 bits per heavy atom. The largest absolute Gasteiger partial charge is 0.465 e. The van der Waals surface area contributed by atoms with E-state index in [0.717, 1.165) is 11.6 Å². The fourth-order valence-electron chi connectivity index (χ4n) is 1.41. The molecule has 0 aliphatic carbocycles. The lowest BCUT2D eigenvalue weighted by Gasteiger charge is -2.00. The molecule has 0 amide bonds. The van der Waals surface area contributed by atoms with Crippen LogP contribution in [0.5, 0.6) is 0 Å². The van der Waals surface area contributed by atoms with Crippen LogP contribution in [0.3, 0.4) is 0 Å². The SMILES string of the molecule is COC(=O)c1ccn2c(CSC)nnc2c1. The fourth-order valence-corrected chi connectivity index (χ4v) is 1.87. The highest BCUT2D eigenvalue weighted by Gasteiger charge is 2.09. The van der Waals surface area contributed by atoms with Crippen LogP contribution in [0.2, 0.25) is 0 Å². The standard InChI is InChI=1S/C10H11N3O2S/c1-15-10(14)7-3-4-13-8(5-7)11-12-9(13)6-16-2/h3-5H,6H2,1-2H3. The highest BCUT2D eigenvalue weighted by Crippen LogP contribution is 2.11. The number of aromatic nitrogens is 3. The molecule has 0 N–H and O–H groups in total. The first-order valence-electron chi connectivity index (χ1n) is 4.67. The molecule has 0 bridgehead atoms. The maximum atomic E-state index is 11.3. The van der Waals surface area contributed by atoms with Crippen molar-refractivity contribution in [3.05, 3.63) is 29.7 Å². The summed E-state index contributed by atoms with van der Waals surface area (Å²) in [5, 5.41) is 8.06. The summed E-state index contributed by atoms with van der Waals surface area (Å²) in [6.07, 6.45) is 3.79. The first-order valence-corrected chi connectivity index (χ1v) is 6.06. The quantitative estimate of drug-likeness (QED) is 0.755. The van der Waals surface area contributed by atoms with Crippen molar-refractivity contribution in [1.82, 2.24) is 14.6 Å². The van der Waals surface area contributed by atoms with Crippen LogP contribution in [-0.4, -0.2) is 33.9 Å². The maximum Gasteiger partial charge on any atom is 0.338 e. The van der Waals surface area contributed by atoms with Crippen molar-refractivity contribution in [2.45, 2.75) is 5.75 Å². The molecule has 5 nitrogen and oxygen atoms in total. The van der Waals surface area contributed by atoms with Gasteiger partial charge in [-0.05, 0) is 18.4 Å². The summed E-state index contributed by atoms with van der Waals surface area (Å²) in [5.41, 5.74) is 1.14. The zero-order valence-electron chi connectivity index (χ0n) is 9.01. The smallest absolute Gasteiger partial charge is 0.338 e. The average molecular weight is 237 g/mol. The van der Waals surface area contributed by atoms with Gasteiger partial charge in [0.05, 0.1) is 18.4 Å². The van der Waals surface area contributed by atoms with Gasteiger partial charge in [0.25, 0.3) is 0 Å². The molecule has 16 heavy (non-hydrogen) atoms. The number of thioether (sulfide) groups is 1. The van der Waals surface area contributed by atoms with Gasteiger partial charge in [-0.25, -0.2) is 4.79 Å². The molecule has 0 fully saturated rings. The van der Waals surface area contributed by atoms with Crippen molar-refractivity contribution in [3.8, 4) is 0 Å². The third-order valence-electron chi connectivity index (χ3n) is 2.18. The van der Waals surface area contributed by atoms with E-state index in [4.69, 9.17) is 0 Å². The minimum Gasteiger partial charge on any atom is -0.465 e. The van der Waals surface area contributed by atoms with Crippen LogP contribution < -0.4 is 0 Å². The molecule has 84 valence electrons. The number of carbonyl (C=O) groups is 1. The molecule has 0 atom stereocenters. The minimum absolute atomic E-state index is 0.364. The van der Waals surface area contributed by atoms with Gasteiger partial charge in [-0.1, -0.05) is 0 Å². The lowest BCUT2D eigenvalue weighted by atomic mass is 10.3. The number of carbonyl (C=O) groups excluding carboxylic acids is 1. The summed E-state index contributed by atoms with van der Waals surface area (Å²) in [6.45, 7) is 0. The summed E-state index contributed by atoms with van der Waals surface area (Å²) in [6, 6.07) is 3.37. The maximum absolute atomic E-state index is 11.3. The number of fused-ring (bicyclic) bond motifs is 1. The van der Waals surface area contributed by atoms with E-state index in [0.29, 0.717) is 11.2 Å². The van der Waals surface area contributed by atoms with Crippen LogP contribution in [0.25, 0.3) is 5.65 Å². The molecular formula is C10H11N3O2S. The van der Waals surface area contributed by atoms with E-state index in [-0.39, 0.29) is 5.97 Å². The fraction of sp³-hybridized carbons (Fsp3) is 0.300. The topological polar surface area (TPSA) is 56.5 Å². The van der Waals surface area contributed by atoms with Gasteiger partial charge < -0.3 is 4.74 Å². The average Bonchev–Trinajstić information content (AvgIpc) is 2.71. The molecule has 2 aromatic heterocycles. The van der Waals surface area contributed by atoms with Gasteiger partial charge >= 0.3 is 5.97 Å². The van der Waals surface area contributed by atoms with E-state index < -0.39 is 0 Å². The predicted octanol–water partition coefficient (Wildman–Crippen LogP) is 1.38. The zero-order valence-corrected chi connectivity index (χ0v) is 9.82. The molecule has 0 saturated carbocycles. The third kappa shape index (κ3) is 1.88. The lowest BCUT2D eigenvalue weighted by molar-refractivity contribution is 0.0600. The zero-order chi connectivity index (χ0) is 11.5. The van der Waals surface area contributed by atoms with Crippen LogP contribution >= 0.6 is 11.8 Å². The van der Waals surface area contributed by atoms with Gasteiger partial charge in [0.1, 0.15) is 5.82 Å². The molecular weight excluding hydrogens is 226 g/mol. The number of nitrogens with zero attached hydrogens (tertiary/aromatic N) is 3. The number of esters is 1. The highest BCUT2D eigenvalue weighted by atomic mass is 32.2. The van der Waals surface area contributed by atoms with Crippen molar-refractivity contribution >= 4 is 23.4 Å². The molecule has 2 aromatic rings. The van der Waals surface area contributed by atoms with E-state index >= 15 is 0 Å². The Bertz CT molecular complexity index is 524. The number of rotatable bonds is 3. The summed E-state index contributed by atoms with van der Waals surface area (Å²) >= 11 is 1.67. The molecule has 0 unspecified atom stereocenters. The van der Waals surface area contributed by atoms with E-state index in [9.17, 15) is 4.79 Å². The molecule has 0 radical (unpaired) electrons. The number of pyridine rings is 1. The van der Waals surface area contributed by atoms with Gasteiger partial charge in [-0.3, -0.25) is 4.40 Å². The molecule has 2 heterocycles. The minimum atomic E-state index is -0.364. The normalized spacial score (nSPS) is 10.6. The number of hydrogen-bond donors (Lipinski definition) is 0. The Hall–Kier alpha value is -1.56. The number of ether oxygens (including phenoxy) is 1. The second-order valence-electron chi connectivity index (χ2n) is 3.18. The third-order valence-corrected chi connectivity index (χ3v) is 2.72. The van der Waals surface area contributed by atoms with Crippen molar-refractivity contribution in [2.24, 2.45) is 0 Å². The van der Waals surface area contributed by atoms with E-state index in [1.54, 1.807) is 30.1 Å². The molecule has 0 saturated heterocycles. The van der Waals surface area contributed by atoms with E-state index in [1.165, 1.54) is 7.11 Å². The molecule has 0 aliphatic rings. The van der Waals surface area contributed by atoms with E-state index in [1.807, 2.05) is 10.7 Å². The summed E-state index contributed by atoms with van der Waals surface area (Å²) < 4.78 is 6.50. The van der Waals surface area contributed by atoms with Crippen molar-refractivity contribution in [1.29, 1.82) is 0 Å². The Morgan fingerprint density at radius 1 is 1.56 bits per heavy atom. The van der Waals surface area contributed by atoms with Crippen molar-refractivity contribution < 1.29 is 9.53 Å². The van der Waals surface area contributed by atoms with Gasteiger partial charge in [0.15, 0.2) is 5.65 Å². The van der Waals surface area contributed by atoms with Crippen LogP contribution in [-0.2, 0) is 10.5 Å². The first kappa shape index (κ1) is 10.9. The van der Waals surface area contributed by atoms with Gasteiger partial charge in [-0.15, -0.1) is 10.2 Å². The molecule has 6 heteroatoms. The van der Waals surface area contributed by atoms with E-state index in [2.05, 4.69) is 14.9 Å². The summed E-state index contributed by atoms with van der Waals surface area (Å²) in [4.78, 5) is 11.3. The summed E-state index contributed by atoms with van der Waals surface area (Å²) in [5.74, 6) is 1.30. The number of hydrogen-bond acceptors (Lipinski definition) is 5. The Balaban J connectivity index is 2.44.